The Labute approximate surface area is 112 Å². The average Bonchev–Trinajstić information content (AvgIpc) is 2.29. The van der Waals surface area contributed by atoms with E-state index in [4.69, 9.17) is 10.7 Å². The lowest BCUT2D eigenvalue weighted by Gasteiger charge is -2.34. The Kier molecular flexibility index (Phi) is 3.99. The molecule has 0 radical (unpaired) electrons. The van der Waals surface area contributed by atoms with E-state index in [1.165, 1.54) is 0 Å². The van der Waals surface area contributed by atoms with Crippen molar-refractivity contribution in [3.8, 4) is 0 Å². The van der Waals surface area contributed by atoms with Crippen molar-refractivity contribution in [2.24, 2.45) is 0 Å². The normalized spacial score (nSPS) is 17.8. The van der Waals surface area contributed by atoms with Gasteiger partial charge in [0.1, 0.15) is 0 Å². The summed E-state index contributed by atoms with van der Waals surface area (Å²) in [6.07, 6.45) is 0. The highest BCUT2D eigenvalue weighted by molar-refractivity contribution is 8.14. The topological polar surface area (TPSA) is 52.6 Å². The number of nitrogens with one attached hydrogen (secondary N) is 1. The molecule has 0 bridgehead atoms. The monoisotopic (exact) mass is 289 g/mol. The minimum Gasteiger partial charge on any atom is -0.369 e. The molecule has 1 aliphatic heterocycles. The molecule has 5 nitrogen and oxygen atoms in total. The van der Waals surface area contributed by atoms with Gasteiger partial charge in [-0.3, -0.25) is 4.72 Å². The quantitative estimate of drug-likeness (QED) is 0.853. The van der Waals surface area contributed by atoms with Crippen LogP contribution in [0.25, 0.3) is 0 Å². The standard InChI is InChI=1S/C11H16ClN3O2S/c1-14-6-8-15(9-7-14)11-4-2-10(3-5-11)13-18(12,16)17/h2-5,13H,6-9H2,1H3. The zero-order chi connectivity index (χ0) is 13.2. The predicted octanol–water partition coefficient (Wildman–Crippen LogP) is 1.33. The summed E-state index contributed by atoms with van der Waals surface area (Å²) in [6, 6.07) is 7.23. The summed E-state index contributed by atoms with van der Waals surface area (Å²) in [6.45, 7) is 4.04. The molecule has 1 aromatic rings. The van der Waals surface area contributed by atoms with E-state index in [9.17, 15) is 8.42 Å². The first-order valence-corrected chi connectivity index (χ1v) is 8.01. The van der Waals surface area contributed by atoms with Gasteiger partial charge in [0, 0.05) is 48.2 Å². The average molecular weight is 290 g/mol. The van der Waals surface area contributed by atoms with Gasteiger partial charge in [0.25, 0.3) is 0 Å². The molecule has 0 saturated carbocycles. The molecule has 1 saturated heterocycles. The number of hydrogen-bond acceptors (Lipinski definition) is 4. The van der Waals surface area contributed by atoms with Crippen molar-refractivity contribution in [2.45, 2.75) is 0 Å². The van der Waals surface area contributed by atoms with Crippen molar-refractivity contribution >= 4 is 31.3 Å². The second-order valence-corrected chi connectivity index (χ2v) is 6.68. The Hall–Kier alpha value is -0.980. The summed E-state index contributed by atoms with van der Waals surface area (Å²) in [5.41, 5.74) is 1.57. The van der Waals surface area contributed by atoms with E-state index in [0.29, 0.717) is 5.69 Å². The van der Waals surface area contributed by atoms with Gasteiger partial charge < -0.3 is 9.80 Å². The smallest absolute Gasteiger partial charge is 0.319 e. The Balaban J connectivity index is 2.03. The van der Waals surface area contributed by atoms with E-state index >= 15 is 0 Å². The molecule has 100 valence electrons. The van der Waals surface area contributed by atoms with Crippen molar-refractivity contribution in [3.05, 3.63) is 24.3 Å². The first-order valence-electron chi connectivity index (χ1n) is 5.70. The molecule has 0 aliphatic carbocycles. The van der Waals surface area contributed by atoms with Crippen LogP contribution in [-0.2, 0) is 9.24 Å². The van der Waals surface area contributed by atoms with Gasteiger partial charge in [-0.2, -0.15) is 8.42 Å². The number of rotatable bonds is 3. The van der Waals surface area contributed by atoms with Crippen molar-refractivity contribution in [1.29, 1.82) is 0 Å². The first-order chi connectivity index (χ1) is 8.44. The fourth-order valence-corrected chi connectivity index (χ4v) is 2.63. The van der Waals surface area contributed by atoms with Crippen molar-refractivity contribution in [3.63, 3.8) is 0 Å². The maximum Gasteiger partial charge on any atom is 0.319 e. The second kappa shape index (κ2) is 5.34. The van der Waals surface area contributed by atoms with Gasteiger partial charge >= 0.3 is 9.24 Å². The summed E-state index contributed by atoms with van der Waals surface area (Å²) >= 11 is 0. The number of nitrogens with zero attached hydrogens (tertiary/aromatic N) is 2. The number of likely N-dealkylation sites (N-methyl/N-ethyl adjacent to an activating group) is 1. The highest BCUT2D eigenvalue weighted by Gasteiger charge is 2.14. The highest BCUT2D eigenvalue weighted by atomic mass is 35.7. The molecular formula is C11H16ClN3O2S. The molecule has 0 amide bonds. The van der Waals surface area contributed by atoms with Crippen LogP contribution >= 0.6 is 10.7 Å². The van der Waals surface area contributed by atoms with Crippen LogP contribution in [0.4, 0.5) is 11.4 Å². The van der Waals surface area contributed by atoms with Crippen molar-refractivity contribution in [2.75, 3.05) is 42.8 Å². The molecular weight excluding hydrogens is 274 g/mol. The first kappa shape index (κ1) is 13.5. The third kappa shape index (κ3) is 3.76. The summed E-state index contributed by atoms with van der Waals surface area (Å²) < 4.78 is 24.0. The third-order valence-electron chi connectivity index (χ3n) is 2.98. The van der Waals surface area contributed by atoms with Crippen molar-refractivity contribution in [1.82, 2.24) is 4.90 Å². The Morgan fingerprint density at radius 2 is 1.67 bits per heavy atom. The van der Waals surface area contributed by atoms with Gasteiger partial charge in [0.05, 0.1) is 0 Å². The summed E-state index contributed by atoms with van der Waals surface area (Å²) in [7, 11) is 3.50. The predicted molar refractivity (Wildman–Crippen MR) is 74.5 cm³/mol. The molecule has 1 fully saturated rings. The van der Waals surface area contributed by atoms with Crippen LogP contribution in [-0.4, -0.2) is 46.5 Å². The molecule has 1 N–H and O–H groups in total. The molecule has 18 heavy (non-hydrogen) atoms. The van der Waals surface area contributed by atoms with E-state index in [2.05, 4.69) is 21.6 Å². The minimum absolute atomic E-state index is 0.475. The van der Waals surface area contributed by atoms with E-state index < -0.39 is 9.24 Å². The van der Waals surface area contributed by atoms with Crippen LogP contribution in [0.2, 0.25) is 0 Å². The number of halogens is 1. The zero-order valence-electron chi connectivity index (χ0n) is 10.1. The molecule has 7 heteroatoms. The highest BCUT2D eigenvalue weighted by Crippen LogP contribution is 2.20. The summed E-state index contributed by atoms with van der Waals surface area (Å²) in [4.78, 5) is 4.56. The van der Waals surface area contributed by atoms with E-state index in [0.717, 1.165) is 31.9 Å². The van der Waals surface area contributed by atoms with Crippen LogP contribution in [0.3, 0.4) is 0 Å². The zero-order valence-corrected chi connectivity index (χ0v) is 11.7. The molecule has 0 spiro atoms. The van der Waals surface area contributed by atoms with Crippen LogP contribution in [0.5, 0.6) is 0 Å². The molecule has 1 aliphatic rings. The Morgan fingerprint density at radius 1 is 1.11 bits per heavy atom. The summed E-state index contributed by atoms with van der Waals surface area (Å²) in [5.74, 6) is 0. The lowest BCUT2D eigenvalue weighted by Crippen LogP contribution is -2.44. The Morgan fingerprint density at radius 3 is 2.17 bits per heavy atom. The fraction of sp³-hybridized carbons (Fsp3) is 0.455. The number of anilines is 2. The fourth-order valence-electron chi connectivity index (χ4n) is 1.95. The third-order valence-corrected chi connectivity index (χ3v) is 3.69. The van der Waals surface area contributed by atoms with Crippen LogP contribution < -0.4 is 9.62 Å². The van der Waals surface area contributed by atoms with Crippen LogP contribution in [0.15, 0.2) is 24.3 Å². The van der Waals surface area contributed by atoms with Crippen LogP contribution in [0.1, 0.15) is 0 Å². The molecule has 2 rings (SSSR count). The number of benzene rings is 1. The molecule has 1 heterocycles. The SMILES string of the molecule is CN1CCN(c2ccc(NS(=O)(=O)Cl)cc2)CC1. The van der Waals surface area contributed by atoms with Gasteiger partial charge in [0.2, 0.25) is 0 Å². The minimum atomic E-state index is -3.72. The summed E-state index contributed by atoms with van der Waals surface area (Å²) in [5, 5.41) is 0. The van der Waals surface area contributed by atoms with Gasteiger partial charge in [-0.25, -0.2) is 0 Å². The van der Waals surface area contributed by atoms with Gasteiger partial charge in [-0.05, 0) is 31.3 Å². The van der Waals surface area contributed by atoms with Gasteiger partial charge in [-0.1, -0.05) is 0 Å². The van der Waals surface area contributed by atoms with E-state index in [1.54, 1.807) is 12.1 Å². The largest absolute Gasteiger partial charge is 0.369 e. The van der Waals surface area contributed by atoms with E-state index in [1.807, 2.05) is 12.1 Å². The number of hydrogen-bond donors (Lipinski definition) is 1. The van der Waals surface area contributed by atoms with Gasteiger partial charge in [0.15, 0.2) is 0 Å². The Bertz CT molecular complexity index is 496. The maximum atomic E-state index is 10.9. The maximum absolute atomic E-state index is 10.9. The van der Waals surface area contributed by atoms with Gasteiger partial charge in [-0.15, -0.1) is 0 Å². The van der Waals surface area contributed by atoms with E-state index in [-0.39, 0.29) is 0 Å². The lowest BCUT2D eigenvalue weighted by atomic mass is 10.2. The molecule has 0 atom stereocenters. The second-order valence-electron chi connectivity index (χ2n) is 4.38. The molecule has 0 aromatic heterocycles. The molecule has 0 unspecified atom stereocenters. The van der Waals surface area contributed by atoms with Crippen LogP contribution in [0, 0.1) is 0 Å². The lowest BCUT2D eigenvalue weighted by molar-refractivity contribution is 0.313. The molecule has 1 aromatic carbocycles. The number of piperazine rings is 1. The van der Waals surface area contributed by atoms with Crippen molar-refractivity contribution < 1.29 is 8.42 Å².